The molecular formula is C12H13F3N2O3. The molecule has 1 aromatic carbocycles. The molecule has 0 heterocycles. The van der Waals surface area contributed by atoms with Crippen LogP contribution in [0.5, 0.6) is 5.75 Å². The molecule has 20 heavy (non-hydrogen) atoms. The van der Waals surface area contributed by atoms with Crippen LogP contribution in [0.15, 0.2) is 24.3 Å². The number of halogens is 3. The molecule has 2 amide bonds. The van der Waals surface area contributed by atoms with E-state index in [9.17, 15) is 22.8 Å². The molecule has 0 spiro atoms. The Balaban J connectivity index is 2.78. The number of ether oxygens (including phenoxy) is 1. The Hall–Kier alpha value is -2.25. The van der Waals surface area contributed by atoms with Crippen LogP contribution >= 0.6 is 0 Å². The quantitative estimate of drug-likeness (QED) is 0.851. The Morgan fingerprint density at radius 2 is 1.95 bits per heavy atom. The summed E-state index contributed by atoms with van der Waals surface area (Å²) in [6.45, 7) is 0.858. The molecule has 8 heteroatoms. The highest BCUT2D eigenvalue weighted by molar-refractivity contribution is 5.86. The molecule has 0 saturated carbocycles. The van der Waals surface area contributed by atoms with Crippen LogP contribution in [-0.4, -0.2) is 24.5 Å². The summed E-state index contributed by atoms with van der Waals surface area (Å²) in [6, 6.07) is 4.54. The minimum absolute atomic E-state index is 0.409. The Morgan fingerprint density at radius 1 is 1.35 bits per heavy atom. The fourth-order valence-electron chi connectivity index (χ4n) is 1.37. The van der Waals surface area contributed by atoms with Crippen molar-refractivity contribution in [2.75, 3.05) is 6.54 Å². The van der Waals surface area contributed by atoms with Gasteiger partial charge in [-0.25, -0.2) is 0 Å². The average Bonchev–Trinajstić information content (AvgIpc) is 2.35. The van der Waals surface area contributed by atoms with E-state index in [2.05, 4.69) is 5.32 Å². The summed E-state index contributed by atoms with van der Waals surface area (Å²) in [7, 11) is 0. The zero-order chi connectivity index (χ0) is 15.3. The minimum atomic E-state index is -4.58. The number of carbonyl (C=O) groups excluding carboxylic acids is 2. The van der Waals surface area contributed by atoms with Crippen LogP contribution in [0.25, 0.3) is 0 Å². The van der Waals surface area contributed by atoms with E-state index in [1.807, 2.05) is 0 Å². The van der Waals surface area contributed by atoms with Crippen molar-refractivity contribution in [3.8, 4) is 5.75 Å². The highest BCUT2D eigenvalue weighted by Crippen LogP contribution is 2.36. The maximum Gasteiger partial charge on any atom is 0.419 e. The van der Waals surface area contributed by atoms with Crippen LogP contribution in [0.4, 0.5) is 13.2 Å². The van der Waals surface area contributed by atoms with Crippen molar-refractivity contribution in [1.82, 2.24) is 5.32 Å². The number of amides is 2. The molecule has 0 aliphatic rings. The second-order valence-electron chi connectivity index (χ2n) is 3.94. The maximum atomic E-state index is 12.7. The van der Waals surface area contributed by atoms with Crippen molar-refractivity contribution in [2.24, 2.45) is 5.73 Å². The van der Waals surface area contributed by atoms with Crippen molar-refractivity contribution in [3.05, 3.63) is 29.8 Å². The van der Waals surface area contributed by atoms with E-state index in [1.54, 1.807) is 0 Å². The number of benzene rings is 1. The van der Waals surface area contributed by atoms with Crippen molar-refractivity contribution < 1.29 is 27.5 Å². The van der Waals surface area contributed by atoms with E-state index in [0.29, 0.717) is 0 Å². The molecule has 0 aromatic heterocycles. The third-order valence-electron chi connectivity index (χ3n) is 2.30. The largest absolute Gasteiger partial charge is 0.480 e. The topological polar surface area (TPSA) is 81.4 Å². The lowest BCUT2D eigenvalue weighted by molar-refractivity contribution is -0.140. The minimum Gasteiger partial charge on any atom is -0.480 e. The van der Waals surface area contributed by atoms with Gasteiger partial charge in [-0.05, 0) is 19.1 Å². The summed E-state index contributed by atoms with van der Waals surface area (Å²) >= 11 is 0. The first-order valence-corrected chi connectivity index (χ1v) is 5.60. The second-order valence-corrected chi connectivity index (χ2v) is 3.94. The summed E-state index contributed by atoms with van der Waals surface area (Å²) in [5, 5.41) is 2.14. The van der Waals surface area contributed by atoms with Crippen LogP contribution in [0.3, 0.4) is 0 Å². The number of hydrogen-bond donors (Lipinski definition) is 2. The molecule has 1 atom stereocenters. The number of alkyl halides is 3. The van der Waals surface area contributed by atoms with Gasteiger partial charge in [-0.2, -0.15) is 13.2 Å². The average molecular weight is 290 g/mol. The SMILES string of the molecule is C[C@H](Oc1ccccc1C(F)(F)F)C(=O)NCC(N)=O. The molecule has 3 N–H and O–H groups in total. The van der Waals surface area contributed by atoms with E-state index in [1.165, 1.54) is 19.1 Å². The summed E-state index contributed by atoms with van der Waals surface area (Å²) in [5.74, 6) is -1.95. The highest BCUT2D eigenvalue weighted by atomic mass is 19.4. The number of nitrogens with one attached hydrogen (secondary N) is 1. The van der Waals surface area contributed by atoms with Gasteiger partial charge in [0.05, 0.1) is 12.1 Å². The molecule has 110 valence electrons. The lowest BCUT2D eigenvalue weighted by Crippen LogP contribution is -2.41. The van der Waals surface area contributed by atoms with Crippen LogP contribution in [0, 0.1) is 0 Å². The van der Waals surface area contributed by atoms with Gasteiger partial charge in [-0.3, -0.25) is 9.59 Å². The zero-order valence-corrected chi connectivity index (χ0v) is 10.5. The highest BCUT2D eigenvalue weighted by Gasteiger charge is 2.34. The molecule has 1 rings (SSSR count). The van der Waals surface area contributed by atoms with Crippen molar-refractivity contribution >= 4 is 11.8 Å². The van der Waals surface area contributed by atoms with Gasteiger partial charge in [0, 0.05) is 0 Å². The molecule has 0 fully saturated rings. The number of rotatable bonds is 5. The van der Waals surface area contributed by atoms with Gasteiger partial charge in [0.2, 0.25) is 5.91 Å². The smallest absolute Gasteiger partial charge is 0.419 e. The van der Waals surface area contributed by atoms with Crippen molar-refractivity contribution in [2.45, 2.75) is 19.2 Å². The van der Waals surface area contributed by atoms with Crippen LogP contribution in [0.2, 0.25) is 0 Å². The normalized spacial score (nSPS) is 12.6. The summed E-state index contributed by atoms with van der Waals surface area (Å²) in [4.78, 5) is 22.0. The summed E-state index contributed by atoms with van der Waals surface area (Å²) < 4.78 is 43.1. The standard InChI is InChI=1S/C12H13F3N2O3/c1-7(11(19)17-6-10(16)18)20-9-5-3-2-4-8(9)12(13,14)15/h2-5,7H,6H2,1H3,(H2,16,18)(H,17,19)/t7-/m0/s1. The molecule has 0 bridgehead atoms. The van der Waals surface area contributed by atoms with E-state index in [-0.39, 0.29) is 0 Å². The fraction of sp³-hybridized carbons (Fsp3) is 0.333. The van der Waals surface area contributed by atoms with Crippen LogP contribution in [-0.2, 0) is 15.8 Å². The Kier molecular flexibility index (Phi) is 4.95. The first-order valence-electron chi connectivity index (χ1n) is 5.60. The second kappa shape index (κ2) is 6.27. The number of nitrogens with two attached hydrogens (primary N) is 1. The van der Waals surface area contributed by atoms with Gasteiger partial charge in [0.1, 0.15) is 5.75 Å². The van der Waals surface area contributed by atoms with E-state index in [4.69, 9.17) is 10.5 Å². The Bertz CT molecular complexity index is 503. The molecule has 0 unspecified atom stereocenters. The fourth-order valence-corrected chi connectivity index (χ4v) is 1.37. The van der Waals surface area contributed by atoms with Gasteiger partial charge in [-0.1, -0.05) is 12.1 Å². The predicted octanol–water partition coefficient (Wildman–Crippen LogP) is 1.07. The number of carbonyl (C=O) groups is 2. The monoisotopic (exact) mass is 290 g/mol. The lowest BCUT2D eigenvalue weighted by Gasteiger charge is -2.18. The summed E-state index contributed by atoms with van der Waals surface area (Å²) in [6.07, 6.45) is -5.78. The zero-order valence-electron chi connectivity index (χ0n) is 10.5. The number of para-hydroxylation sites is 1. The number of primary amides is 1. The third-order valence-corrected chi connectivity index (χ3v) is 2.30. The molecule has 0 aliphatic carbocycles. The first kappa shape index (κ1) is 15.8. The predicted molar refractivity (Wildman–Crippen MR) is 63.7 cm³/mol. The van der Waals surface area contributed by atoms with Crippen molar-refractivity contribution in [1.29, 1.82) is 0 Å². The lowest BCUT2D eigenvalue weighted by atomic mass is 10.2. The van der Waals surface area contributed by atoms with E-state index < -0.39 is 42.0 Å². The van der Waals surface area contributed by atoms with E-state index >= 15 is 0 Å². The van der Waals surface area contributed by atoms with Gasteiger partial charge in [0.25, 0.3) is 5.91 Å². The van der Waals surface area contributed by atoms with Crippen molar-refractivity contribution in [3.63, 3.8) is 0 Å². The Morgan fingerprint density at radius 3 is 2.50 bits per heavy atom. The molecule has 0 saturated heterocycles. The van der Waals surface area contributed by atoms with Gasteiger partial charge < -0.3 is 15.8 Å². The molecule has 0 aliphatic heterocycles. The van der Waals surface area contributed by atoms with Gasteiger partial charge in [-0.15, -0.1) is 0 Å². The van der Waals surface area contributed by atoms with Gasteiger partial charge >= 0.3 is 6.18 Å². The van der Waals surface area contributed by atoms with Crippen LogP contribution in [0.1, 0.15) is 12.5 Å². The third kappa shape index (κ3) is 4.45. The van der Waals surface area contributed by atoms with Crippen LogP contribution < -0.4 is 15.8 Å². The molecule has 5 nitrogen and oxygen atoms in total. The maximum absolute atomic E-state index is 12.7. The Labute approximate surface area is 112 Å². The molecule has 1 aromatic rings. The molecular weight excluding hydrogens is 277 g/mol. The molecule has 0 radical (unpaired) electrons. The van der Waals surface area contributed by atoms with E-state index in [0.717, 1.165) is 12.1 Å². The van der Waals surface area contributed by atoms with Gasteiger partial charge in [0.15, 0.2) is 6.10 Å². The first-order chi connectivity index (χ1) is 9.21. The number of hydrogen-bond acceptors (Lipinski definition) is 3. The summed E-state index contributed by atoms with van der Waals surface area (Å²) in [5.41, 5.74) is 3.85.